The van der Waals surface area contributed by atoms with Gasteiger partial charge in [0.2, 0.25) is 0 Å². The highest BCUT2D eigenvalue weighted by Gasteiger charge is 2.30. The predicted molar refractivity (Wildman–Crippen MR) is 63.9 cm³/mol. The maximum absolute atomic E-state index is 11.6. The van der Waals surface area contributed by atoms with Gasteiger partial charge >= 0.3 is 11.2 Å². The third-order valence-electron chi connectivity index (χ3n) is 2.23. The van der Waals surface area contributed by atoms with Crippen LogP contribution in [0.4, 0.5) is 0 Å². The molecule has 7 heteroatoms. The Morgan fingerprint density at radius 3 is 2.56 bits per heavy atom. The molecule has 0 fully saturated rings. The molecule has 0 aliphatic carbocycles. The number of aryl methyl sites for hydroxylation is 1. The average Bonchev–Trinajstić information content (AvgIpc) is 2.58. The molecule has 94 valence electrons. The fraction of sp³-hybridized carbons (Fsp3) is 0.0909. The lowest BCUT2D eigenvalue weighted by molar-refractivity contribution is -0.132. The summed E-state index contributed by atoms with van der Waals surface area (Å²) in [7, 11) is -3.91. The third-order valence-corrected chi connectivity index (χ3v) is 3.43. The first-order chi connectivity index (χ1) is 8.40. The highest BCUT2D eigenvalue weighted by Crippen LogP contribution is 2.22. The summed E-state index contributed by atoms with van der Waals surface area (Å²) in [5.74, 6) is -1.10. The summed E-state index contributed by atoms with van der Waals surface area (Å²) in [6, 6.07) is 6.76. The molecule has 0 saturated heterocycles. The van der Waals surface area contributed by atoms with Crippen LogP contribution in [0.5, 0.6) is 5.75 Å². The molecule has 1 aromatic rings. The fourth-order valence-electron chi connectivity index (χ4n) is 1.33. The van der Waals surface area contributed by atoms with Crippen LogP contribution in [-0.2, 0) is 14.6 Å². The van der Waals surface area contributed by atoms with Crippen LogP contribution < -0.4 is 4.74 Å². The Kier molecular flexibility index (Phi) is 2.92. The molecule has 1 aromatic carbocycles. The van der Waals surface area contributed by atoms with Crippen LogP contribution in [0, 0.1) is 6.92 Å². The first kappa shape index (κ1) is 12.3. The Labute approximate surface area is 103 Å². The summed E-state index contributed by atoms with van der Waals surface area (Å²) < 4.78 is 28.3. The van der Waals surface area contributed by atoms with Gasteiger partial charge in [0.25, 0.3) is 9.84 Å². The Morgan fingerprint density at radius 1 is 1.33 bits per heavy atom. The number of aliphatic carboxylic acids is 1. The minimum atomic E-state index is -3.91. The average molecular weight is 267 g/mol. The molecule has 0 atom stereocenters. The molecule has 0 aromatic heterocycles. The third kappa shape index (κ3) is 2.25. The number of aliphatic imine (C=N–C) groups is 1. The quantitative estimate of drug-likeness (QED) is 0.865. The molecular formula is C11H9NO5S. The van der Waals surface area contributed by atoms with Gasteiger partial charge in [0.1, 0.15) is 5.75 Å². The Hall–Kier alpha value is -2.15. The van der Waals surface area contributed by atoms with E-state index in [1.165, 1.54) is 0 Å². The van der Waals surface area contributed by atoms with Gasteiger partial charge in [-0.3, -0.25) is 0 Å². The van der Waals surface area contributed by atoms with E-state index in [1.54, 1.807) is 31.2 Å². The Bertz CT molecular complexity index is 672. The summed E-state index contributed by atoms with van der Waals surface area (Å²) in [4.78, 5) is 14.1. The molecule has 0 amide bonds. The van der Waals surface area contributed by atoms with E-state index in [0.717, 1.165) is 5.56 Å². The lowest BCUT2D eigenvalue weighted by atomic mass is 10.2. The van der Waals surface area contributed by atoms with Crippen molar-refractivity contribution >= 4 is 21.0 Å². The van der Waals surface area contributed by atoms with Crippen LogP contribution in [0.3, 0.4) is 0 Å². The summed E-state index contributed by atoms with van der Waals surface area (Å²) in [5, 5.41) is 8.64. The van der Waals surface area contributed by atoms with Gasteiger partial charge in [-0.15, -0.1) is 0 Å². The first-order valence-corrected chi connectivity index (χ1v) is 6.47. The van der Waals surface area contributed by atoms with E-state index in [2.05, 4.69) is 4.99 Å². The maximum Gasteiger partial charge on any atom is 0.355 e. The number of hydrogen-bond acceptors (Lipinski definition) is 5. The predicted octanol–water partition coefficient (Wildman–Crippen LogP) is 1.08. The van der Waals surface area contributed by atoms with E-state index in [1.807, 2.05) is 0 Å². The highest BCUT2D eigenvalue weighted by molar-refractivity contribution is 8.08. The molecule has 1 N–H and O–H groups in total. The van der Waals surface area contributed by atoms with Crippen molar-refractivity contribution in [1.29, 1.82) is 0 Å². The molecule has 0 radical (unpaired) electrons. The van der Waals surface area contributed by atoms with Gasteiger partial charge in [-0.2, -0.15) is 4.99 Å². The Balaban J connectivity index is 2.35. The fourth-order valence-corrected chi connectivity index (χ4v) is 2.31. The molecule has 1 aliphatic rings. The molecule has 18 heavy (non-hydrogen) atoms. The minimum absolute atomic E-state index is 0.319. The zero-order chi connectivity index (χ0) is 13.3. The molecule has 0 unspecified atom stereocenters. The van der Waals surface area contributed by atoms with Crippen molar-refractivity contribution < 1.29 is 23.1 Å². The second kappa shape index (κ2) is 4.26. The van der Waals surface area contributed by atoms with E-state index < -0.39 is 26.7 Å². The van der Waals surface area contributed by atoms with Crippen molar-refractivity contribution in [2.75, 3.05) is 0 Å². The van der Waals surface area contributed by atoms with Gasteiger partial charge in [-0.1, -0.05) is 18.2 Å². The number of sulfone groups is 1. The largest absolute Gasteiger partial charge is 0.476 e. The van der Waals surface area contributed by atoms with Gasteiger partial charge in [0.15, 0.2) is 5.70 Å². The molecule has 2 rings (SSSR count). The van der Waals surface area contributed by atoms with E-state index in [0.29, 0.717) is 11.2 Å². The topological polar surface area (TPSA) is 93.0 Å². The molecular weight excluding hydrogens is 258 g/mol. The normalized spacial score (nSPS) is 16.9. The van der Waals surface area contributed by atoms with Gasteiger partial charge in [-0.25, -0.2) is 13.2 Å². The highest BCUT2D eigenvalue weighted by atomic mass is 32.2. The molecule has 0 saturated carbocycles. The van der Waals surface area contributed by atoms with Crippen molar-refractivity contribution in [2.24, 2.45) is 4.99 Å². The molecule has 1 aliphatic heterocycles. The van der Waals surface area contributed by atoms with E-state index >= 15 is 0 Å². The number of nitrogens with zero attached hydrogens (tertiary/aromatic N) is 1. The summed E-state index contributed by atoms with van der Waals surface area (Å²) in [6.07, 6.45) is 0. The minimum Gasteiger partial charge on any atom is -0.476 e. The number of benzene rings is 1. The second-order valence-electron chi connectivity index (χ2n) is 3.60. The van der Waals surface area contributed by atoms with Crippen LogP contribution in [0.2, 0.25) is 0 Å². The summed E-state index contributed by atoms with van der Waals surface area (Å²) in [5.41, 5.74) is 0.165. The van der Waals surface area contributed by atoms with Crippen LogP contribution in [0.15, 0.2) is 40.4 Å². The van der Waals surface area contributed by atoms with Crippen LogP contribution in [-0.4, -0.2) is 24.7 Å². The van der Waals surface area contributed by atoms with E-state index in [4.69, 9.17) is 9.84 Å². The zero-order valence-corrected chi connectivity index (χ0v) is 10.1. The molecule has 0 spiro atoms. The van der Waals surface area contributed by atoms with Crippen molar-refractivity contribution in [3.63, 3.8) is 0 Å². The van der Waals surface area contributed by atoms with Crippen molar-refractivity contribution in [1.82, 2.24) is 0 Å². The van der Waals surface area contributed by atoms with Gasteiger partial charge < -0.3 is 9.84 Å². The van der Waals surface area contributed by atoms with Crippen molar-refractivity contribution in [3.05, 3.63) is 40.9 Å². The molecule has 6 nitrogen and oxygen atoms in total. The van der Waals surface area contributed by atoms with Gasteiger partial charge in [-0.05, 0) is 18.6 Å². The lowest BCUT2D eigenvalue weighted by Crippen LogP contribution is -2.16. The number of carboxylic acid groups (broad SMARTS) is 1. The van der Waals surface area contributed by atoms with E-state index in [-0.39, 0.29) is 0 Å². The SMILES string of the molecule is Cc1ccccc1OC1=NC(C(=O)O)=CS1(=O)=O. The number of para-hydroxylation sites is 1. The number of carboxylic acids is 1. The van der Waals surface area contributed by atoms with Crippen LogP contribution in [0.25, 0.3) is 0 Å². The second-order valence-corrected chi connectivity index (χ2v) is 5.27. The van der Waals surface area contributed by atoms with Crippen molar-refractivity contribution in [2.45, 2.75) is 6.92 Å². The number of ether oxygens (including phenoxy) is 1. The first-order valence-electron chi connectivity index (χ1n) is 4.92. The number of hydrogen-bond donors (Lipinski definition) is 1. The van der Waals surface area contributed by atoms with Crippen LogP contribution in [0.1, 0.15) is 5.56 Å². The van der Waals surface area contributed by atoms with Crippen LogP contribution >= 0.6 is 0 Å². The number of rotatable bonds is 2. The lowest BCUT2D eigenvalue weighted by Gasteiger charge is -2.06. The molecule has 1 heterocycles. The standard InChI is InChI=1S/C11H9NO5S/c1-7-4-2-3-5-9(7)17-11-12-8(10(13)14)6-18(11,15)16/h2-6H,1H3,(H,13,14). The van der Waals surface area contributed by atoms with Gasteiger partial charge in [0, 0.05) is 0 Å². The summed E-state index contributed by atoms with van der Waals surface area (Å²) in [6.45, 7) is 1.74. The Morgan fingerprint density at radius 2 is 2.00 bits per heavy atom. The zero-order valence-electron chi connectivity index (χ0n) is 9.32. The maximum atomic E-state index is 11.6. The smallest absolute Gasteiger partial charge is 0.355 e. The number of carbonyl (C=O) groups is 1. The monoisotopic (exact) mass is 267 g/mol. The van der Waals surface area contributed by atoms with Crippen molar-refractivity contribution in [3.8, 4) is 5.75 Å². The molecule has 0 bridgehead atoms. The van der Waals surface area contributed by atoms with E-state index in [9.17, 15) is 13.2 Å². The summed E-state index contributed by atoms with van der Waals surface area (Å²) >= 11 is 0. The van der Waals surface area contributed by atoms with Gasteiger partial charge in [0.05, 0.1) is 5.41 Å².